The standard InChI is InChI=1S/C27H31FN4O3/c1-3-19-15-24(26(33)32-11-6-4-5-10-30(32)2)29-25-14-18(9-12-31(19)25)20-8-7-17(13-23(20)28)21-16-22(21)27(34)35/h7-9,13-15,21-22H,3-6,10-12,16H2,1-2H3,(H,34,35)/t21?,22-/m1/s1. The molecule has 0 bridgehead atoms. The highest BCUT2D eigenvalue weighted by atomic mass is 19.1. The number of hydrogen-bond donors (Lipinski definition) is 1. The lowest BCUT2D eigenvalue weighted by Gasteiger charge is -2.34. The second kappa shape index (κ2) is 9.41. The van der Waals surface area contributed by atoms with Gasteiger partial charge in [0.15, 0.2) is 0 Å². The van der Waals surface area contributed by atoms with Gasteiger partial charge in [0.2, 0.25) is 0 Å². The van der Waals surface area contributed by atoms with Crippen molar-refractivity contribution in [2.75, 3.05) is 26.7 Å². The molecule has 2 fully saturated rings. The molecule has 1 aromatic rings. The summed E-state index contributed by atoms with van der Waals surface area (Å²) in [5.41, 5.74) is 3.31. The third-order valence-corrected chi connectivity index (χ3v) is 7.36. The second-order valence-corrected chi connectivity index (χ2v) is 9.66. The number of allylic oxidation sites excluding steroid dienone is 3. The van der Waals surface area contributed by atoms with Crippen molar-refractivity contribution in [3.05, 3.63) is 64.9 Å². The van der Waals surface area contributed by atoms with Gasteiger partial charge < -0.3 is 10.0 Å². The minimum atomic E-state index is -0.828. The van der Waals surface area contributed by atoms with Crippen LogP contribution in [0.5, 0.6) is 0 Å². The maximum atomic E-state index is 15.1. The molecule has 5 rings (SSSR count). The number of carbonyl (C=O) groups is 2. The van der Waals surface area contributed by atoms with E-state index in [1.54, 1.807) is 11.1 Å². The van der Waals surface area contributed by atoms with Gasteiger partial charge in [-0.3, -0.25) is 14.6 Å². The number of rotatable bonds is 5. The summed E-state index contributed by atoms with van der Waals surface area (Å²) in [5, 5.41) is 12.9. The van der Waals surface area contributed by atoms with Crippen molar-refractivity contribution in [2.24, 2.45) is 10.9 Å². The number of fused-ring (bicyclic) bond motifs is 1. The number of hydrazine groups is 1. The Labute approximate surface area is 204 Å². The van der Waals surface area contributed by atoms with Crippen LogP contribution in [0.15, 0.2) is 52.9 Å². The molecule has 35 heavy (non-hydrogen) atoms. The fraction of sp³-hybridized carbons (Fsp3) is 0.444. The van der Waals surface area contributed by atoms with Crippen LogP contribution < -0.4 is 0 Å². The van der Waals surface area contributed by atoms with Gasteiger partial charge in [-0.15, -0.1) is 0 Å². The molecule has 1 amide bonds. The summed E-state index contributed by atoms with van der Waals surface area (Å²) in [4.78, 5) is 31.3. The van der Waals surface area contributed by atoms with E-state index in [2.05, 4.69) is 11.8 Å². The Morgan fingerprint density at radius 1 is 1.17 bits per heavy atom. The largest absolute Gasteiger partial charge is 0.481 e. The molecule has 4 aliphatic rings. The van der Waals surface area contributed by atoms with Gasteiger partial charge >= 0.3 is 5.97 Å². The van der Waals surface area contributed by atoms with E-state index in [4.69, 9.17) is 4.99 Å². The Morgan fingerprint density at radius 2 is 1.97 bits per heavy atom. The van der Waals surface area contributed by atoms with Crippen molar-refractivity contribution in [1.82, 2.24) is 14.9 Å². The fourth-order valence-electron chi connectivity index (χ4n) is 5.19. The lowest BCUT2D eigenvalue weighted by molar-refractivity contribution is -0.139. The maximum absolute atomic E-state index is 15.1. The number of hydrogen-bond acceptors (Lipinski definition) is 5. The van der Waals surface area contributed by atoms with Gasteiger partial charge in [-0.05, 0) is 61.0 Å². The minimum absolute atomic E-state index is 0.107. The number of nitrogens with zero attached hydrogens (tertiary/aromatic N) is 4. The molecule has 0 radical (unpaired) electrons. The van der Waals surface area contributed by atoms with Crippen LogP contribution in [0.25, 0.3) is 5.57 Å². The molecule has 1 N–H and O–H groups in total. The third kappa shape index (κ3) is 4.55. The van der Waals surface area contributed by atoms with Crippen LogP contribution in [-0.4, -0.2) is 64.3 Å². The summed E-state index contributed by atoms with van der Waals surface area (Å²) in [7, 11) is 1.94. The van der Waals surface area contributed by atoms with Gasteiger partial charge in [0.25, 0.3) is 5.91 Å². The van der Waals surface area contributed by atoms with E-state index in [0.717, 1.165) is 43.5 Å². The SMILES string of the molecule is CCC1=CC(C(=O)N2CCCCCN2C)=NC2=CC(c3ccc(C4C[C@H]4C(=O)O)cc3F)=CCN12. The zero-order valence-electron chi connectivity index (χ0n) is 20.2. The van der Waals surface area contributed by atoms with E-state index in [0.29, 0.717) is 42.2 Å². The molecule has 3 aliphatic heterocycles. The number of aliphatic imine (C=N–C) groups is 1. The van der Waals surface area contributed by atoms with Crippen molar-refractivity contribution >= 4 is 23.2 Å². The molecule has 7 nitrogen and oxygen atoms in total. The van der Waals surface area contributed by atoms with Crippen molar-refractivity contribution in [3.63, 3.8) is 0 Å². The quantitative estimate of drug-likeness (QED) is 0.688. The van der Waals surface area contributed by atoms with Gasteiger partial charge in [-0.25, -0.2) is 14.4 Å². The number of carbonyl (C=O) groups excluding carboxylic acids is 1. The van der Waals surface area contributed by atoms with E-state index in [1.165, 1.54) is 6.07 Å². The summed E-state index contributed by atoms with van der Waals surface area (Å²) >= 11 is 0. The average Bonchev–Trinajstić information content (AvgIpc) is 3.67. The second-order valence-electron chi connectivity index (χ2n) is 9.66. The monoisotopic (exact) mass is 478 g/mol. The zero-order valence-corrected chi connectivity index (χ0v) is 20.2. The first-order valence-electron chi connectivity index (χ1n) is 12.4. The van der Waals surface area contributed by atoms with Crippen LogP contribution in [0, 0.1) is 11.7 Å². The summed E-state index contributed by atoms with van der Waals surface area (Å²) in [6, 6.07) is 5.01. The molecule has 2 atom stereocenters. The zero-order chi connectivity index (χ0) is 24.7. The van der Waals surface area contributed by atoms with Gasteiger partial charge in [0, 0.05) is 37.9 Å². The van der Waals surface area contributed by atoms with Crippen molar-refractivity contribution < 1.29 is 19.1 Å². The average molecular weight is 479 g/mol. The highest BCUT2D eigenvalue weighted by Gasteiger charge is 2.44. The lowest BCUT2D eigenvalue weighted by atomic mass is 9.98. The van der Waals surface area contributed by atoms with E-state index < -0.39 is 11.9 Å². The van der Waals surface area contributed by atoms with Crippen molar-refractivity contribution in [1.29, 1.82) is 0 Å². The van der Waals surface area contributed by atoms with Crippen LogP contribution in [0.2, 0.25) is 0 Å². The molecule has 1 aromatic carbocycles. The van der Waals surface area contributed by atoms with Crippen LogP contribution >= 0.6 is 0 Å². The smallest absolute Gasteiger partial charge is 0.307 e. The highest BCUT2D eigenvalue weighted by molar-refractivity contribution is 6.43. The topological polar surface area (TPSA) is 76.5 Å². The summed E-state index contributed by atoms with van der Waals surface area (Å²) in [5.74, 6) is -1.20. The molecular formula is C27H31FN4O3. The summed E-state index contributed by atoms with van der Waals surface area (Å²) in [6.07, 6.45) is 10.1. The first kappa shape index (κ1) is 23.5. The predicted octanol–water partition coefficient (Wildman–Crippen LogP) is 4.16. The van der Waals surface area contributed by atoms with Gasteiger partial charge in [0.1, 0.15) is 17.3 Å². The first-order valence-corrected chi connectivity index (χ1v) is 12.4. The normalized spacial score (nSPS) is 24.5. The number of benzene rings is 1. The molecular weight excluding hydrogens is 447 g/mol. The van der Waals surface area contributed by atoms with E-state index in [-0.39, 0.29) is 17.6 Å². The van der Waals surface area contributed by atoms with E-state index >= 15 is 4.39 Å². The lowest BCUT2D eigenvalue weighted by Crippen LogP contribution is -2.47. The van der Waals surface area contributed by atoms with Crippen LogP contribution in [0.3, 0.4) is 0 Å². The highest BCUT2D eigenvalue weighted by Crippen LogP contribution is 2.48. The van der Waals surface area contributed by atoms with Crippen molar-refractivity contribution in [3.8, 4) is 0 Å². The number of halogens is 1. The Hall–Kier alpha value is -3.26. The van der Waals surface area contributed by atoms with Crippen LogP contribution in [-0.2, 0) is 9.59 Å². The van der Waals surface area contributed by atoms with Gasteiger partial charge in [-0.1, -0.05) is 31.6 Å². The molecule has 1 saturated heterocycles. The molecule has 184 valence electrons. The first-order chi connectivity index (χ1) is 16.9. The van der Waals surface area contributed by atoms with E-state index in [9.17, 15) is 14.7 Å². The number of amides is 1. The Morgan fingerprint density at radius 3 is 2.69 bits per heavy atom. The van der Waals surface area contributed by atoms with Gasteiger partial charge in [-0.2, -0.15) is 0 Å². The molecule has 0 aromatic heterocycles. The summed E-state index contributed by atoms with van der Waals surface area (Å²) < 4.78 is 15.1. The summed E-state index contributed by atoms with van der Waals surface area (Å²) in [6.45, 7) is 4.11. The molecule has 0 spiro atoms. The molecule has 1 unspecified atom stereocenters. The van der Waals surface area contributed by atoms with Crippen LogP contribution in [0.4, 0.5) is 4.39 Å². The Kier molecular flexibility index (Phi) is 6.32. The number of carboxylic acids is 1. The Bertz CT molecular complexity index is 1180. The number of aliphatic carboxylic acids is 1. The maximum Gasteiger partial charge on any atom is 0.307 e. The third-order valence-electron chi connectivity index (χ3n) is 7.36. The van der Waals surface area contributed by atoms with Crippen LogP contribution in [0.1, 0.15) is 56.1 Å². The molecule has 1 saturated carbocycles. The molecule has 8 heteroatoms. The van der Waals surface area contributed by atoms with Gasteiger partial charge in [0.05, 0.1) is 5.92 Å². The molecule has 1 aliphatic carbocycles. The predicted molar refractivity (Wildman–Crippen MR) is 132 cm³/mol. The van der Waals surface area contributed by atoms with E-state index in [1.807, 2.05) is 36.4 Å². The number of carboxylic acid groups (broad SMARTS) is 1. The van der Waals surface area contributed by atoms with Crippen molar-refractivity contribution in [2.45, 2.75) is 44.9 Å². The minimum Gasteiger partial charge on any atom is -0.481 e. The Balaban J connectivity index is 1.41. The fourth-order valence-corrected chi connectivity index (χ4v) is 5.19. The molecule has 3 heterocycles.